The van der Waals surface area contributed by atoms with Gasteiger partial charge in [0.25, 0.3) is 11.6 Å². The zero-order valence-electron chi connectivity index (χ0n) is 16.4. The molecule has 1 aromatic carbocycles. The number of hydrogen-bond donors (Lipinski definition) is 2. The first kappa shape index (κ1) is 20.3. The van der Waals surface area contributed by atoms with Crippen LogP contribution in [-0.2, 0) is 17.1 Å². The molecule has 2 aromatic rings. The number of ether oxygens (including phenoxy) is 1. The Morgan fingerprint density at radius 2 is 1.93 bits per heavy atom. The average molecular weight is 435 g/mol. The van der Waals surface area contributed by atoms with Gasteiger partial charge in [-0.25, -0.2) is 17.8 Å². The van der Waals surface area contributed by atoms with Crippen molar-refractivity contribution < 1.29 is 22.9 Å². The fraction of sp³-hybridized carbons (Fsp3) is 0.444. The Balaban J connectivity index is 1.69. The van der Waals surface area contributed by atoms with Gasteiger partial charge in [0.15, 0.2) is 5.69 Å². The van der Waals surface area contributed by atoms with Gasteiger partial charge in [-0.05, 0) is 38.7 Å². The summed E-state index contributed by atoms with van der Waals surface area (Å²) in [6.45, 7) is 1.64. The summed E-state index contributed by atoms with van der Waals surface area (Å²) in [6.07, 6.45) is 3.28. The van der Waals surface area contributed by atoms with E-state index in [1.165, 1.54) is 10.7 Å². The van der Waals surface area contributed by atoms with Crippen LogP contribution in [0.1, 0.15) is 41.7 Å². The van der Waals surface area contributed by atoms with E-state index in [2.05, 4.69) is 15.1 Å². The van der Waals surface area contributed by atoms with Gasteiger partial charge in [-0.1, -0.05) is 0 Å². The molecule has 0 saturated heterocycles. The number of rotatable bonds is 8. The third-order valence-corrected chi connectivity index (χ3v) is 6.42. The van der Waals surface area contributed by atoms with Gasteiger partial charge in [0.1, 0.15) is 10.6 Å². The summed E-state index contributed by atoms with van der Waals surface area (Å²) in [5.41, 5.74) is 0.249. The standard InChI is InChI=1S/C18H21N5O6S/c1-10-16(17(24)19-11-3-4-11)20-22(2)18(10)29-14-8-7-13(23(25)26)9-15(14)30(27,28)21-12-5-6-12/h7-9,11-12,21H,3-6H2,1-2H3,(H,19,24). The van der Waals surface area contributed by atoms with Gasteiger partial charge in [0, 0.05) is 36.8 Å². The van der Waals surface area contributed by atoms with Crippen molar-refractivity contribution in [1.29, 1.82) is 0 Å². The molecule has 0 radical (unpaired) electrons. The molecule has 2 N–H and O–H groups in total. The van der Waals surface area contributed by atoms with Crippen molar-refractivity contribution in [3.05, 3.63) is 39.6 Å². The predicted molar refractivity (Wildman–Crippen MR) is 105 cm³/mol. The number of aromatic nitrogens is 2. The second-order valence-corrected chi connectivity index (χ2v) is 9.22. The monoisotopic (exact) mass is 435 g/mol. The minimum Gasteiger partial charge on any atom is -0.438 e. The summed E-state index contributed by atoms with van der Waals surface area (Å²) < 4.78 is 35.2. The van der Waals surface area contributed by atoms with Crippen LogP contribution in [-0.4, -0.2) is 41.1 Å². The number of nitro benzene ring substituents is 1. The number of carbonyl (C=O) groups is 1. The molecule has 1 heterocycles. The molecule has 0 atom stereocenters. The molecule has 4 rings (SSSR count). The summed E-state index contributed by atoms with van der Waals surface area (Å²) in [5.74, 6) is -0.242. The molecule has 2 saturated carbocycles. The Labute approximate surface area is 172 Å². The van der Waals surface area contributed by atoms with Crippen molar-refractivity contribution >= 4 is 21.6 Å². The van der Waals surface area contributed by atoms with Crippen LogP contribution in [0, 0.1) is 17.0 Å². The highest BCUT2D eigenvalue weighted by molar-refractivity contribution is 7.89. The highest BCUT2D eigenvalue weighted by atomic mass is 32.2. The van der Waals surface area contributed by atoms with Gasteiger partial charge in [0.05, 0.1) is 4.92 Å². The van der Waals surface area contributed by atoms with Crippen LogP contribution in [0.15, 0.2) is 23.1 Å². The number of nitrogens with zero attached hydrogens (tertiary/aromatic N) is 3. The first-order valence-electron chi connectivity index (χ1n) is 9.49. The van der Waals surface area contributed by atoms with Crippen LogP contribution in [0.4, 0.5) is 5.69 Å². The van der Waals surface area contributed by atoms with Gasteiger partial charge >= 0.3 is 0 Å². The van der Waals surface area contributed by atoms with Gasteiger partial charge in [-0.3, -0.25) is 14.9 Å². The largest absolute Gasteiger partial charge is 0.438 e. The lowest BCUT2D eigenvalue weighted by atomic mass is 10.2. The molecule has 1 aromatic heterocycles. The summed E-state index contributed by atoms with van der Waals surface area (Å²) in [6, 6.07) is 3.34. The Morgan fingerprint density at radius 1 is 1.27 bits per heavy atom. The number of aryl methyl sites for hydroxylation is 1. The molecule has 0 spiro atoms. The quantitative estimate of drug-likeness (QED) is 0.474. The Morgan fingerprint density at radius 3 is 2.53 bits per heavy atom. The van der Waals surface area contributed by atoms with Crippen molar-refractivity contribution in [1.82, 2.24) is 19.8 Å². The number of nitro groups is 1. The summed E-state index contributed by atoms with van der Waals surface area (Å²) in [5, 5.41) is 18.2. The molecule has 1 amide bonds. The molecule has 2 aliphatic rings. The molecule has 2 aliphatic carbocycles. The van der Waals surface area contributed by atoms with Crippen LogP contribution < -0.4 is 14.8 Å². The minimum absolute atomic E-state index is 0.0889. The molecule has 0 unspecified atom stereocenters. The first-order valence-corrected chi connectivity index (χ1v) is 11.0. The van der Waals surface area contributed by atoms with E-state index in [0.29, 0.717) is 18.4 Å². The number of carbonyl (C=O) groups excluding carboxylic acids is 1. The minimum atomic E-state index is -4.04. The molecule has 30 heavy (non-hydrogen) atoms. The molecule has 12 heteroatoms. The van der Waals surface area contributed by atoms with Gasteiger partial charge in [-0.15, -0.1) is 0 Å². The van der Waals surface area contributed by atoms with Crippen LogP contribution in [0.25, 0.3) is 0 Å². The molecule has 0 bridgehead atoms. The topological polar surface area (TPSA) is 145 Å². The van der Waals surface area contributed by atoms with E-state index >= 15 is 0 Å². The fourth-order valence-corrected chi connectivity index (χ4v) is 4.40. The zero-order chi connectivity index (χ0) is 21.6. The zero-order valence-corrected chi connectivity index (χ0v) is 17.2. The number of benzene rings is 1. The maximum Gasteiger partial charge on any atom is 0.272 e. The normalized spacial score (nSPS) is 16.3. The molecule has 11 nitrogen and oxygen atoms in total. The van der Waals surface area contributed by atoms with Crippen LogP contribution in [0.5, 0.6) is 11.6 Å². The molecular weight excluding hydrogens is 414 g/mol. The third-order valence-electron chi connectivity index (χ3n) is 4.88. The number of hydrogen-bond acceptors (Lipinski definition) is 7. The van der Waals surface area contributed by atoms with Crippen LogP contribution >= 0.6 is 0 Å². The Kier molecular flexibility index (Phi) is 4.98. The number of amides is 1. The highest BCUT2D eigenvalue weighted by Crippen LogP contribution is 2.35. The van der Waals surface area contributed by atoms with Crippen LogP contribution in [0.2, 0.25) is 0 Å². The van der Waals surface area contributed by atoms with Gasteiger partial charge in [0.2, 0.25) is 15.9 Å². The van der Waals surface area contributed by atoms with E-state index in [4.69, 9.17) is 4.74 Å². The predicted octanol–water partition coefficient (Wildman–Crippen LogP) is 1.76. The van der Waals surface area contributed by atoms with Crippen molar-refractivity contribution in [2.45, 2.75) is 49.6 Å². The van der Waals surface area contributed by atoms with E-state index in [0.717, 1.165) is 25.0 Å². The SMILES string of the molecule is Cc1c(C(=O)NC2CC2)nn(C)c1Oc1ccc([N+](=O)[O-])cc1S(=O)(=O)NC1CC1. The fourth-order valence-electron chi connectivity index (χ4n) is 2.95. The Hall–Kier alpha value is -2.99. The smallest absolute Gasteiger partial charge is 0.272 e. The number of nitrogens with one attached hydrogen (secondary N) is 2. The lowest BCUT2D eigenvalue weighted by molar-refractivity contribution is -0.385. The third kappa shape index (κ3) is 4.14. The average Bonchev–Trinajstić information content (AvgIpc) is 3.60. The molecule has 0 aliphatic heterocycles. The molecule has 2 fully saturated rings. The van der Waals surface area contributed by atoms with Crippen molar-refractivity contribution in [3.8, 4) is 11.6 Å². The van der Waals surface area contributed by atoms with Gasteiger partial charge < -0.3 is 10.1 Å². The maximum absolute atomic E-state index is 12.8. The summed E-state index contributed by atoms with van der Waals surface area (Å²) >= 11 is 0. The van der Waals surface area contributed by atoms with E-state index in [-0.39, 0.29) is 45.9 Å². The summed E-state index contributed by atoms with van der Waals surface area (Å²) in [7, 11) is -2.47. The lowest BCUT2D eigenvalue weighted by Crippen LogP contribution is -2.26. The maximum atomic E-state index is 12.8. The second kappa shape index (κ2) is 7.36. The molecule has 160 valence electrons. The number of sulfonamides is 1. The van der Waals surface area contributed by atoms with E-state index in [1.54, 1.807) is 14.0 Å². The molecular formula is C18H21N5O6S. The number of non-ortho nitro benzene ring substituents is 1. The van der Waals surface area contributed by atoms with E-state index in [9.17, 15) is 23.3 Å². The first-order chi connectivity index (χ1) is 14.2. The van der Waals surface area contributed by atoms with E-state index < -0.39 is 14.9 Å². The van der Waals surface area contributed by atoms with Crippen molar-refractivity contribution in [2.75, 3.05) is 0 Å². The lowest BCUT2D eigenvalue weighted by Gasteiger charge is -2.13. The second-order valence-electron chi connectivity index (χ2n) is 7.54. The van der Waals surface area contributed by atoms with Gasteiger partial charge in [-0.2, -0.15) is 5.10 Å². The van der Waals surface area contributed by atoms with Crippen molar-refractivity contribution in [2.24, 2.45) is 7.05 Å². The highest BCUT2D eigenvalue weighted by Gasteiger charge is 2.32. The van der Waals surface area contributed by atoms with Crippen molar-refractivity contribution in [3.63, 3.8) is 0 Å². The Bertz CT molecular complexity index is 1130. The van der Waals surface area contributed by atoms with E-state index in [1.807, 2.05) is 0 Å². The summed E-state index contributed by atoms with van der Waals surface area (Å²) in [4.78, 5) is 22.5. The van der Waals surface area contributed by atoms with Crippen LogP contribution in [0.3, 0.4) is 0 Å².